The molecule has 5 heteroatoms. The number of amides is 1. The first-order chi connectivity index (χ1) is 7.11. The quantitative estimate of drug-likeness (QED) is 0.594. The van der Waals surface area contributed by atoms with Gasteiger partial charge in [0.15, 0.2) is 0 Å². The molecule has 0 heterocycles. The van der Waals surface area contributed by atoms with Crippen LogP contribution < -0.4 is 0 Å². The zero-order chi connectivity index (χ0) is 11.4. The third-order valence-corrected chi connectivity index (χ3v) is 2.46. The molecule has 5 nitrogen and oxygen atoms in total. The largest absolute Gasteiger partial charge is 0.481 e. The predicted molar refractivity (Wildman–Crippen MR) is 53.1 cm³/mol. The zero-order valence-corrected chi connectivity index (χ0v) is 8.43. The van der Waals surface area contributed by atoms with Crippen LogP contribution in [-0.2, 0) is 9.59 Å². The molecule has 0 aliphatic heterocycles. The second-order valence-electron chi connectivity index (χ2n) is 3.58. The number of carboxylic acids is 1. The lowest BCUT2D eigenvalue weighted by molar-refractivity contribution is -0.141. The summed E-state index contributed by atoms with van der Waals surface area (Å²) in [6.07, 6.45) is 1.97. The summed E-state index contributed by atoms with van der Waals surface area (Å²) in [5.74, 6) is -2.07. The van der Waals surface area contributed by atoms with Crippen LogP contribution in [0.2, 0.25) is 0 Å². The van der Waals surface area contributed by atoms with Crippen LogP contribution in [0.4, 0.5) is 0 Å². The number of aliphatic hydroxyl groups is 1. The highest BCUT2D eigenvalue weighted by molar-refractivity contribution is 5.89. The van der Waals surface area contributed by atoms with Crippen molar-refractivity contribution in [3.8, 4) is 0 Å². The van der Waals surface area contributed by atoms with E-state index in [0.717, 1.165) is 0 Å². The monoisotopic (exact) mass is 213 g/mol. The average Bonchev–Trinajstić information content (AvgIpc) is 2.96. The van der Waals surface area contributed by atoms with Crippen molar-refractivity contribution in [3.63, 3.8) is 0 Å². The summed E-state index contributed by atoms with van der Waals surface area (Å²) in [4.78, 5) is 23.7. The van der Waals surface area contributed by atoms with E-state index in [2.05, 4.69) is 6.58 Å². The number of nitrogens with zero attached hydrogens (tertiary/aromatic N) is 1. The van der Waals surface area contributed by atoms with Crippen molar-refractivity contribution < 1.29 is 19.8 Å². The van der Waals surface area contributed by atoms with E-state index in [4.69, 9.17) is 10.2 Å². The van der Waals surface area contributed by atoms with Crippen molar-refractivity contribution in [3.05, 3.63) is 12.7 Å². The third kappa shape index (κ3) is 2.79. The number of aliphatic carboxylic acids is 1. The van der Waals surface area contributed by atoms with Gasteiger partial charge in [0.25, 0.3) is 0 Å². The van der Waals surface area contributed by atoms with Gasteiger partial charge >= 0.3 is 5.97 Å². The summed E-state index contributed by atoms with van der Waals surface area (Å²) in [7, 11) is 0. The second kappa shape index (κ2) is 4.93. The summed E-state index contributed by atoms with van der Waals surface area (Å²) < 4.78 is 0. The molecule has 0 radical (unpaired) electrons. The Labute approximate surface area is 88.0 Å². The SMILES string of the molecule is C=CCN(CCO)C(=O)[C@@H]1C[C@@H]1C(=O)O. The van der Waals surface area contributed by atoms with E-state index >= 15 is 0 Å². The number of aliphatic hydroxyl groups excluding tert-OH is 1. The van der Waals surface area contributed by atoms with Gasteiger partial charge in [-0.05, 0) is 6.42 Å². The molecule has 1 rings (SSSR count). The Balaban J connectivity index is 2.50. The van der Waals surface area contributed by atoms with Gasteiger partial charge in [0.1, 0.15) is 0 Å². The lowest BCUT2D eigenvalue weighted by Gasteiger charge is -2.19. The van der Waals surface area contributed by atoms with Gasteiger partial charge in [0.05, 0.1) is 18.4 Å². The fourth-order valence-corrected chi connectivity index (χ4v) is 1.54. The van der Waals surface area contributed by atoms with Crippen molar-refractivity contribution in [2.24, 2.45) is 11.8 Å². The Hall–Kier alpha value is -1.36. The van der Waals surface area contributed by atoms with Crippen LogP contribution in [-0.4, -0.2) is 46.7 Å². The molecule has 1 aliphatic rings. The van der Waals surface area contributed by atoms with Crippen molar-refractivity contribution in [2.75, 3.05) is 19.7 Å². The number of hydrogen-bond acceptors (Lipinski definition) is 3. The van der Waals surface area contributed by atoms with Gasteiger partial charge in [-0.3, -0.25) is 9.59 Å². The van der Waals surface area contributed by atoms with E-state index < -0.39 is 17.8 Å². The smallest absolute Gasteiger partial charge is 0.307 e. The van der Waals surface area contributed by atoms with Crippen LogP contribution in [0, 0.1) is 11.8 Å². The molecule has 0 unspecified atom stereocenters. The summed E-state index contributed by atoms with van der Waals surface area (Å²) in [5, 5.41) is 17.4. The zero-order valence-electron chi connectivity index (χ0n) is 8.43. The average molecular weight is 213 g/mol. The molecule has 1 amide bonds. The van der Waals surface area contributed by atoms with E-state index in [-0.39, 0.29) is 19.1 Å². The first-order valence-electron chi connectivity index (χ1n) is 4.85. The molecule has 1 fully saturated rings. The molecule has 2 atom stereocenters. The Morgan fingerprint density at radius 3 is 2.53 bits per heavy atom. The van der Waals surface area contributed by atoms with E-state index in [9.17, 15) is 9.59 Å². The van der Waals surface area contributed by atoms with E-state index in [1.165, 1.54) is 4.90 Å². The van der Waals surface area contributed by atoms with Crippen molar-refractivity contribution in [1.29, 1.82) is 0 Å². The number of hydrogen-bond donors (Lipinski definition) is 2. The minimum atomic E-state index is -0.920. The fourth-order valence-electron chi connectivity index (χ4n) is 1.54. The molecular weight excluding hydrogens is 198 g/mol. The Morgan fingerprint density at radius 1 is 1.47 bits per heavy atom. The van der Waals surface area contributed by atoms with Crippen LogP contribution in [0.15, 0.2) is 12.7 Å². The minimum absolute atomic E-state index is 0.121. The molecular formula is C10H15NO4. The van der Waals surface area contributed by atoms with Crippen LogP contribution in [0.3, 0.4) is 0 Å². The first-order valence-corrected chi connectivity index (χ1v) is 4.85. The maximum absolute atomic E-state index is 11.7. The van der Waals surface area contributed by atoms with E-state index in [1.54, 1.807) is 6.08 Å². The van der Waals surface area contributed by atoms with Crippen molar-refractivity contribution in [2.45, 2.75) is 6.42 Å². The molecule has 0 spiro atoms. The highest BCUT2D eigenvalue weighted by Gasteiger charge is 2.49. The summed E-state index contributed by atoms with van der Waals surface area (Å²) in [6.45, 7) is 3.97. The van der Waals surface area contributed by atoms with Gasteiger partial charge in [-0.1, -0.05) is 6.08 Å². The van der Waals surface area contributed by atoms with Crippen LogP contribution in [0.5, 0.6) is 0 Å². The molecule has 0 bridgehead atoms. The Morgan fingerprint density at radius 2 is 2.13 bits per heavy atom. The summed E-state index contributed by atoms with van der Waals surface area (Å²) in [6, 6.07) is 0. The topological polar surface area (TPSA) is 77.8 Å². The molecule has 1 saturated carbocycles. The standard InChI is InChI=1S/C10H15NO4/c1-2-3-11(4-5-12)9(13)7-6-8(7)10(14)15/h2,7-8,12H,1,3-6H2,(H,14,15)/t7-,8+/m1/s1. The number of carbonyl (C=O) groups excluding carboxylic acids is 1. The Kier molecular flexibility index (Phi) is 3.85. The van der Waals surface area contributed by atoms with E-state index in [1.807, 2.05) is 0 Å². The molecule has 0 aromatic carbocycles. The lowest BCUT2D eigenvalue weighted by Crippen LogP contribution is -2.35. The summed E-state index contributed by atoms with van der Waals surface area (Å²) in [5.41, 5.74) is 0. The molecule has 0 saturated heterocycles. The molecule has 84 valence electrons. The predicted octanol–water partition coefficient (Wildman–Crippen LogP) is -0.286. The molecule has 0 aromatic rings. The van der Waals surface area contributed by atoms with Gasteiger partial charge < -0.3 is 15.1 Å². The van der Waals surface area contributed by atoms with E-state index in [0.29, 0.717) is 13.0 Å². The van der Waals surface area contributed by atoms with Crippen molar-refractivity contribution >= 4 is 11.9 Å². The van der Waals surface area contributed by atoms with Crippen molar-refractivity contribution in [1.82, 2.24) is 4.90 Å². The maximum atomic E-state index is 11.7. The number of carbonyl (C=O) groups is 2. The minimum Gasteiger partial charge on any atom is -0.481 e. The van der Waals surface area contributed by atoms with Gasteiger partial charge in [0.2, 0.25) is 5.91 Å². The molecule has 2 N–H and O–H groups in total. The van der Waals surface area contributed by atoms with Gasteiger partial charge in [0, 0.05) is 13.1 Å². The first kappa shape index (κ1) is 11.7. The Bertz CT molecular complexity index is 277. The summed E-state index contributed by atoms with van der Waals surface area (Å²) >= 11 is 0. The highest BCUT2D eigenvalue weighted by atomic mass is 16.4. The molecule has 0 aromatic heterocycles. The fraction of sp³-hybridized carbons (Fsp3) is 0.600. The normalized spacial score (nSPS) is 23.3. The van der Waals surface area contributed by atoms with Gasteiger partial charge in [-0.25, -0.2) is 0 Å². The molecule has 1 aliphatic carbocycles. The maximum Gasteiger partial charge on any atom is 0.307 e. The number of carboxylic acid groups (broad SMARTS) is 1. The van der Waals surface area contributed by atoms with Crippen LogP contribution in [0.1, 0.15) is 6.42 Å². The van der Waals surface area contributed by atoms with Crippen LogP contribution in [0.25, 0.3) is 0 Å². The second-order valence-corrected chi connectivity index (χ2v) is 3.58. The lowest BCUT2D eigenvalue weighted by atomic mass is 10.2. The number of rotatable bonds is 6. The third-order valence-electron chi connectivity index (χ3n) is 2.46. The van der Waals surface area contributed by atoms with Crippen LogP contribution >= 0.6 is 0 Å². The highest BCUT2D eigenvalue weighted by Crippen LogP contribution is 2.39. The van der Waals surface area contributed by atoms with Gasteiger partial charge in [-0.2, -0.15) is 0 Å². The van der Waals surface area contributed by atoms with Gasteiger partial charge in [-0.15, -0.1) is 6.58 Å². The molecule has 15 heavy (non-hydrogen) atoms.